The highest BCUT2D eigenvalue weighted by Gasteiger charge is 2.50. The van der Waals surface area contributed by atoms with Crippen LogP contribution >= 0.6 is 0 Å². The van der Waals surface area contributed by atoms with Gasteiger partial charge in [0.1, 0.15) is 0 Å². The lowest BCUT2D eigenvalue weighted by molar-refractivity contribution is -0.469. The van der Waals surface area contributed by atoms with E-state index in [1.165, 1.54) is 12.8 Å². The molecule has 0 atom stereocenters. The first kappa shape index (κ1) is 11.0. The van der Waals surface area contributed by atoms with E-state index in [4.69, 9.17) is 14.2 Å². The maximum Gasteiger partial charge on any atom is 0.285 e. The lowest BCUT2D eigenvalue weighted by Crippen LogP contribution is -2.58. The highest BCUT2D eigenvalue weighted by molar-refractivity contribution is 4.86. The minimum atomic E-state index is -0.687. The Morgan fingerprint density at radius 2 is 1.50 bits per heavy atom. The van der Waals surface area contributed by atoms with Gasteiger partial charge < -0.3 is 19.5 Å². The molecule has 4 fully saturated rings. The summed E-state index contributed by atoms with van der Waals surface area (Å²) < 4.78 is 17.4. The molecule has 92 valence electrons. The fourth-order valence-electron chi connectivity index (χ4n) is 3.06. The molecule has 4 nitrogen and oxygen atoms in total. The van der Waals surface area contributed by atoms with Gasteiger partial charge in [-0.1, -0.05) is 0 Å². The molecule has 4 aliphatic rings. The average molecular weight is 227 g/mol. The van der Waals surface area contributed by atoms with Gasteiger partial charge >= 0.3 is 0 Å². The van der Waals surface area contributed by atoms with Crippen LogP contribution in [0.4, 0.5) is 0 Å². The molecule has 0 radical (unpaired) electrons. The lowest BCUT2D eigenvalue weighted by atomic mass is 9.83. The zero-order valence-electron chi connectivity index (χ0n) is 9.91. The molecule has 16 heavy (non-hydrogen) atoms. The van der Waals surface area contributed by atoms with Gasteiger partial charge in [-0.05, 0) is 32.7 Å². The monoisotopic (exact) mass is 227 g/mol. The Balaban J connectivity index is 1.64. The first-order valence-electron chi connectivity index (χ1n) is 6.41. The van der Waals surface area contributed by atoms with Crippen LogP contribution in [0.3, 0.4) is 0 Å². The average Bonchev–Trinajstić information content (AvgIpc) is 2.41. The molecule has 1 aliphatic carbocycles. The fourth-order valence-corrected chi connectivity index (χ4v) is 3.06. The van der Waals surface area contributed by atoms with Crippen molar-refractivity contribution < 1.29 is 14.2 Å². The molecule has 0 amide bonds. The first-order chi connectivity index (χ1) is 7.82. The maximum atomic E-state index is 5.81. The van der Waals surface area contributed by atoms with E-state index in [1.807, 2.05) is 7.05 Å². The van der Waals surface area contributed by atoms with Gasteiger partial charge in [0.05, 0.1) is 19.8 Å². The predicted molar refractivity (Wildman–Crippen MR) is 58.9 cm³/mol. The van der Waals surface area contributed by atoms with Crippen molar-refractivity contribution in [2.45, 2.75) is 37.7 Å². The van der Waals surface area contributed by atoms with Crippen LogP contribution in [0.2, 0.25) is 0 Å². The van der Waals surface area contributed by atoms with Crippen LogP contribution < -0.4 is 5.32 Å². The summed E-state index contributed by atoms with van der Waals surface area (Å²) in [5.74, 6) is 0.182. The molecule has 1 saturated carbocycles. The molecule has 3 aliphatic heterocycles. The van der Waals surface area contributed by atoms with E-state index < -0.39 is 5.97 Å². The fraction of sp³-hybridized carbons (Fsp3) is 1.00. The van der Waals surface area contributed by atoms with Gasteiger partial charge in [0, 0.05) is 17.9 Å². The third-order valence-corrected chi connectivity index (χ3v) is 4.20. The SMILES string of the molecule is CNC1CCC(C23OCC(CO2)CO3)CC1. The molecule has 0 spiro atoms. The van der Waals surface area contributed by atoms with E-state index in [0.717, 1.165) is 32.7 Å². The molecule has 0 aromatic rings. The molecular formula is C12H21NO3. The summed E-state index contributed by atoms with van der Waals surface area (Å²) >= 11 is 0. The zero-order chi connectivity index (χ0) is 11.0. The summed E-state index contributed by atoms with van der Waals surface area (Å²) in [6.45, 7) is 2.43. The second kappa shape index (κ2) is 4.26. The van der Waals surface area contributed by atoms with Crippen molar-refractivity contribution in [3.05, 3.63) is 0 Å². The summed E-state index contributed by atoms with van der Waals surface area (Å²) in [6.07, 6.45) is 4.66. The smallest absolute Gasteiger partial charge is 0.285 e. The molecule has 2 bridgehead atoms. The van der Waals surface area contributed by atoms with Crippen molar-refractivity contribution in [2.24, 2.45) is 11.8 Å². The van der Waals surface area contributed by atoms with Crippen molar-refractivity contribution in [1.29, 1.82) is 0 Å². The van der Waals surface area contributed by atoms with Crippen molar-refractivity contribution in [2.75, 3.05) is 26.9 Å². The van der Waals surface area contributed by atoms with Crippen LogP contribution in [0, 0.1) is 11.8 Å². The topological polar surface area (TPSA) is 39.7 Å². The third-order valence-electron chi connectivity index (χ3n) is 4.20. The Hall–Kier alpha value is -0.160. The number of ether oxygens (including phenoxy) is 3. The number of hydrogen-bond donors (Lipinski definition) is 1. The number of hydrogen-bond acceptors (Lipinski definition) is 4. The van der Waals surface area contributed by atoms with Crippen LogP contribution in [-0.4, -0.2) is 38.9 Å². The summed E-state index contributed by atoms with van der Waals surface area (Å²) in [7, 11) is 2.04. The normalized spacial score (nSPS) is 48.2. The molecule has 0 aromatic heterocycles. The molecule has 1 N–H and O–H groups in total. The van der Waals surface area contributed by atoms with Crippen molar-refractivity contribution in [1.82, 2.24) is 5.32 Å². The quantitative estimate of drug-likeness (QED) is 0.767. The van der Waals surface area contributed by atoms with E-state index in [9.17, 15) is 0 Å². The van der Waals surface area contributed by atoms with Crippen LogP contribution in [0.5, 0.6) is 0 Å². The van der Waals surface area contributed by atoms with Gasteiger partial charge in [0.25, 0.3) is 5.97 Å². The van der Waals surface area contributed by atoms with Crippen LogP contribution in [-0.2, 0) is 14.2 Å². The van der Waals surface area contributed by atoms with Crippen LogP contribution in [0.15, 0.2) is 0 Å². The third kappa shape index (κ3) is 1.78. The number of fused-ring (bicyclic) bond motifs is 3. The van der Waals surface area contributed by atoms with E-state index in [1.54, 1.807) is 0 Å². The largest absolute Gasteiger partial charge is 0.327 e. The van der Waals surface area contributed by atoms with Crippen molar-refractivity contribution in [3.63, 3.8) is 0 Å². The summed E-state index contributed by atoms with van der Waals surface area (Å²) in [4.78, 5) is 0. The lowest BCUT2D eigenvalue weighted by Gasteiger charge is -2.50. The van der Waals surface area contributed by atoms with Gasteiger partial charge in [-0.3, -0.25) is 0 Å². The first-order valence-corrected chi connectivity index (χ1v) is 6.41. The molecule has 0 unspecified atom stereocenters. The molecule has 3 heterocycles. The minimum absolute atomic E-state index is 0.415. The van der Waals surface area contributed by atoms with E-state index in [2.05, 4.69) is 5.32 Å². The highest BCUT2D eigenvalue weighted by atomic mass is 16.9. The van der Waals surface area contributed by atoms with Gasteiger partial charge in [-0.2, -0.15) is 0 Å². The van der Waals surface area contributed by atoms with Crippen molar-refractivity contribution >= 4 is 0 Å². The van der Waals surface area contributed by atoms with E-state index in [-0.39, 0.29) is 0 Å². The second-order valence-electron chi connectivity index (χ2n) is 5.24. The Labute approximate surface area is 96.6 Å². The van der Waals surface area contributed by atoms with E-state index >= 15 is 0 Å². The Kier molecular flexibility index (Phi) is 2.92. The van der Waals surface area contributed by atoms with Crippen molar-refractivity contribution in [3.8, 4) is 0 Å². The minimum Gasteiger partial charge on any atom is -0.327 e. The summed E-state index contributed by atoms with van der Waals surface area (Å²) in [5.41, 5.74) is 0. The van der Waals surface area contributed by atoms with Crippen LogP contribution in [0.25, 0.3) is 0 Å². The maximum absolute atomic E-state index is 5.81. The molecule has 4 rings (SSSR count). The van der Waals surface area contributed by atoms with E-state index in [0.29, 0.717) is 17.9 Å². The summed E-state index contributed by atoms with van der Waals surface area (Å²) in [6, 6.07) is 0.660. The van der Waals surface area contributed by atoms with Gasteiger partial charge in [-0.15, -0.1) is 0 Å². The van der Waals surface area contributed by atoms with Gasteiger partial charge in [0.2, 0.25) is 0 Å². The molecular weight excluding hydrogens is 206 g/mol. The Morgan fingerprint density at radius 3 is 2.00 bits per heavy atom. The standard InChI is InChI=1S/C12H21NO3/c1-13-11-4-2-10(3-5-11)12-14-6-9(7-15-12)8-16-12/h9-11,13H,2-8H2,1H3. The zero-order valence-corrected chi connectivity index (χ0v) is 9.91. The highest BCUT2D eigenvalue weighted by Crippen LogP contribution is 2.42. The number of nitrogens with one attached hydrogen (secondary N) is 1. The Bertz CT molecular complexity index is 229. The molecule has 4 heteroatoms. The molecule has 0 aromatic carbocycles. The summed E-state index contributed by atoms with van der Waals surface area (Å²) in [5, 5.41) is 3.35. The number of rotatable bonds is 2. The molecule has 3 saturated heterocycles. The van der Waals surface area contributed by atoms with Gasteiger partial charge in [-0.25, -0.2) is 0 Å². The predicted octanol–water partition coefficient (Wildman–Crippen LogP) is 1.11. The second-order valence-corrected chi connectivity index (χ2v) is 5.24. The van der Waals surface area contributed by atoms with Gasteiger partial charge in [0.15, 0.2) is 0 Å². The van der Waals surface area contributed by atoms with Crippen LogP contribution in [0.1, 0.15) is 25.7 Å². The Morgan fingerprint density at radius 1 is 0.938 bits per heavy atom.